The van der Waals surface area contributed by atoms with E-state index < -0.39 is 0 Å². The van der Waals surface area contributed by atoms with Gasteiger partial charge in [0, 0.05) is 136 Å². The van der Waals surface area contributed by atoms with E-state index in [1.165, 1.54) is 54.7 Å². The third kappa shape index (κ3) is 18.1. The van der Waals surface area contributed by atoms with Crippen LogP contribution in [0.25, 0.3) is 110 Å². The zero-order valence-electron chi connectivity index (χ0n) is 78.8. The van der Waals surface area contributed by atoms with Gasteiger partial charge in [-0.2, -0.15) is 10.5 Å². The minimum absolute atomic E-state index is 0.569. The highest BCUT2D eigenvalue weighted by Crippen LogP contribution is 2.54. The average molecular weight is 1800 g/mol. The van der Waals surface area contributed by atoms with Gasteiger partial charge in [-0.1, -0.05) is 368 Å². The second-order valence-corrected chi connectivity index (χ2v) is 35.9. The molecule has 140 heavy (non-hydrogen) atoms. The molecule has 0 aliphatic carbocycles. The maximum atomic E-state index is 11.9. The van der Waals surface area contributed by atoms with Crippen LogP contribution >= 0.6 is 0 Å². The van der Waals surface area contributed by atoms with Crippen molar-refractivity contribution in [2.24, 2.45) is 0 Å². The lowest BCUT2D eigenvalue weighted by Crippen LogP contribution is -2.10. The second-order valence-electron chi connectivity index (χ2n) is 35.9. The lowest BCUT2D eigenvalue weighted by Gasteiger charge is -2.26. The van der Waals surface area contributed by atoms with E-state index in [1.807, 2.05) is 0 Å². The molecule has 0 fully saturated rings. The van der Waals surface area contributed by atoms with Crippen LogP contribution in [0.15, 0.2) is 485 Å². The average Bonchev–Trinajstić information content (AvgIpc) is 1.52. The van der Waals surface area contributed by atoms with Crippen molar-refractivity contribution in [3.63, 3.8) is 0 Å². The summed E-state index contributed by atoms with van der Waals surface area (Å²) in [5, 5.41) is 28.7. The highest BCUT2D eigenvalue weighted by Gasteiger charge is 2.31. The molecule has 0 N–H and O–H groups in total. The number of para-hydroxylation sites is 8. The molecule has 0 saturated carbocycles. The van der Waals surface area contributed by atoms with E-state index in [0.29, 0.717) is 11.1 Å². The van der Waals surface area contributed by atoms with Crippen LogP contribution < -0.4 is 19.6 Å². The van der Waals surface area contributed by atoms with Gasteiger partial charge in [-0.25, -0.2) is 0 Å². The number of hydrogen-bond acceptors (Lipinski definition) is 6. The van der Waals surface area contributed by atoms with Gasteiger partial charge in [-0.3, -0.25) is 0 Å². The first kappa shape index (κ1) is 89.0. The van der Waals surface area contributed by atoms with E-state index in [2.05, 4.69) is 540 Å². The van der Waals surface area contributed by atoms with Gasteiger partial charge in [0.05, 0.1) is 22.2 Å². The fourth-order valence-electron chi connectivity index (χ4n) is 20.6. The summed E-state index contributed by atoms with van der Waals surface area (Å²) in [5.41, 5.74) is 34.4. The highest BCUT2D eigenvalue weighted by molar-refractivity contribution is 6.33. The van der Waals surface area contributed by atoms with Gasteiger partial charge in [-0.15, -0.1) is 0 Å². The summed E-state index contributed by atoms with van der Waals surface area (Å²) in [6, 6.07) is 179. The topological polar surface area (TPSA) is 70.4 Å². The molecule has 0 aliphatic rings. The summed E-state index contributed by atoms with van der Waals surface area (Å²) >= 11 is 0. The fraction of sp³-hybridized carbons (Fsp3) is 0.0909. The van der Waals surface area contributed by atoms with Crippen LogP contribution in [-0.4, -0.2) is 9.13 Å². The minimum atomic E-state index is 0.569. The van der Waals surface area contributed by atoms with Crippen molar-refractivity contribution in [1.29, 1.82) is 10.5 Å². The van der Waals surface area contributed by atoms with Crippen LogP contribution in [0.2, 0.25) is 0 Å². The molecule has 0 unspecified atom stereocenters. The van der Waals surface area contributed by atoms with E-state index in [9.17, 15) is 10.5 Å². The summed E-state index contributed by atoms with van der Waals surface area (Å²) in [4.78, 5) is 9.10. The molecule has 0 spiro atoms. The van der Waals surface area contributed by atoms with E-state index in [-0.39, 0.29) is 0 Å². The molecular weight excluding hydrogens is 1700 g/mol. The Hall–Kier alpha value is -17.6. The van der Waals surface area contributed by atoms with Crippen molar-refractivity contribution in [3.05, 3.63) is 519 Å². The summed E-state index contributed by atoms with van der Waals surface area (Å²) in [5.74, 6) is 0. The van der Waals surface area contributed by atoms with Gasteiger partial charge in [0.25, 0.3) is 0 Å². The number of nitrogens with zero attached hydrogens (tertiary/aromatic N) is 8. The number of aryl methyl sites for hydroxylation is 2. The molecule has 674 valence electrons. The number of unbranched alkanes of at least 4 members (excludes halogenated alkanes) is 6. The number of rotatable bonds is 32. The largest absolute Gasteiger partial charge is 0.340 e. The van der Waals surface area contributed by atoms with Crippen molar-refractivity contribution in [1.82, 2.24) is 9.13 Å². The molecule has 0 atom stereocenters. The number of nitriles is 2. The van der Waals surface area contributed by atoms with Gasteiger partial charge >= 0.3 is 0 Å². The number of fused-ring (bicyclic) bond motifs is 6. The van der Waals surface area contributed by atoms with Gasteiger partial charge in [-0.05, 0) is 249 Å². The number of aromatic nitrogens is 2. The highest BCUT2D eigenvalue weighted by atomic mass is 15.2. The lowest BCUT2D eigenvalue weighted by molar-refractivity contribution is 0.602. The molecule has 21 rings (SSSR count). The molecule has 0 amide bonds. The van der Waals surface area contributed by atoms with Gasteiger partial charge in [0.2, 0.25) is 0 Å². The van der Waals surface area contributed by atoms with Crippen LogP contribution in [-0.2, 0) is 13.1 Å². The number of hydrogen-bond donors (Lipinski definition) is 0. The summed E-state index contributed by atoms with van der Waals surface area (Å²) in [6.07, 6.45) is 8.79. The Morgan fingerprint density at radius 1 is 0.214 bits per heavy atom. The van der Waals surface area contributed by atoms with E-state index >= 15 is 0 Å². The standard InChI is InChI=1S/C132H106N8/c1-3-5-7-39-89-135-123-87-77-105(95-61-65-97(66-62-95)121(93-133)125(101-69-79-115(80-70-101)137(107-45-23-11-24-46-107)108-47-25-12-26-48-108)102-71-81-116(82-72-102)138(109-49-27-13-28-50-109)110-51-29-14-30-52-110)91-119(123)129-128(100-43-21-10-22-44-100)132-130(127(131(129)135)99-41-19-9-20-42-99)120-92-106(78-88-124(120)136(132)90-40-8-6-4-2)96-63-67-98(68-64-96)122(94-134)126(103-73-83-117(84-74-103)139(111-53-31-15-32-54-111)112-55-33-16-34-56-112)104-75-85-118(86-76-104)140(113-57-35-17-36-58-113)114-59-37-18-38-60-114/h9-38,41-88,91-92H,3-8,39-40,89-90H2,1-2H3. The molecule has 0 radical (unpaired) electrons. The Labute approximate surface area is 821 Å². The Bertz CT molecular complexity index is 7130. The predicted octanol–water partition coefficient (Wildman–Crippen LogP) is 36.6. The minimum Gasteiger partial charge on any atom is -0.340 e. The van der Waals surface area contributed by atoms with Gasteiger partial charge < -0.3 is 28.7 Å². The van der Waals surface area contributed by atoms with Crippen LogP contribution in [0.3, 0.4) is 0 Å². The van der Waals surface area contributed by atoms with Crippen LogP contribution in [0.1, 0.15) is 98.6 Å². The van der Waals surface area contributed by atoms with E-state index in [1.54, 1.807) is 0 Å². The molecule has 0 saturated heterocycles. The SMILES string of the molecule is CCCCCCn1c2ccc(-c3ccc(C(C#N)=C(c4ccc(N(c5ccccc5)c5ccccc5)cc4)c4ccc(N(c5ccccc5)c5ccccc5)cc4)cc3)cc2c2c(-c3ccccc3)c3c(c(-c4ccccc4)c21)c1cc(-c2ccc(C(C#N)=C(c4ccc(N(c5ccccc5)c5ccccc5)cc4)c4ccc(N(c5ccccc5)c5ccccc5)cc4)cc2)ccc1n3CCCCCC. The smallest absolute Gasteiger partial charge is 0.100 e. The fourth-order valence-corrected chi connectivity index (χ4v) is 20.6. The first-order valence-electron chi connectivity index (χ1n) is 49.1. The second kappa shape index (κ2) is 41.3. The normalized spacial score (nSPS) is 11.2. The third-order valence-corrected chi connectivity index (χ3v) is 27.2. The molecule has 8 heteroatoms. The zero-order chi connectivity index (χ0) is 94.5. The van der Waals surface area contributed by atoms with Gasteiger partial charge in [0.15, 0.2) is 0 Å². The Balaban J connectivity index is 0.715. The monoisotopic (exact) mass is 1800 g/mol. The van der Waals surface area contributed by atoms with Crippen molar-refractivity contribution in [2.75, 3.05) is 19.6 Å². The first-order chi connectivity index (χ1) is 69.4. The van der Waals surface area contributed by atoms with Crippen molar-refractivity contribution in [2.45, 2.75) is 78.3 Å². The Kier molecular flexibility index (Phi) is 26.3. The van der Waals surface area contributed by atoms with Crippen LogP contribution in [0.4, 0.5) is 68.2 Å². The third-order valence-electron chi connectivity index (χ3n) is 27.2. The van der Waals surface area contributed by atoms with E-state index in [0.717, 1.165) is 211 Å². The van der Waals surface area contributed by atoms with Crippen molar-refractivity contribution < 1.29 is 0 Å². The van der Waals surface area contributed by atoms with Crippen LogP contribution in [0.5, 0.6) is 0 Å². The number of anilines is 12. The summed E-state index contributed by atoms with van der Waals surface area (Å²) in [7, 11) is 0. The van der Waals surface area contributed by atoms with Crippen molar-refractivity contribution in [3.8, 4) is 56.6 Å². The number of benzene rings is 19. The number of allylic oxidation sites excluding steroid dienone is 2. The predicted molar refractivity (Wildman–Crippen MR) is 590 cm³/mol. The molecule has 8 nitrogen and oxygen atoms in total. The molecule has 0 bridgehead atoms. The molecular formula is C132H106N8. The Morgan fingerprint density at radius 2 is 0.429 bits per heavy atom. The quantitative estimate of drug-likeness (QED) is 0.0238. The van der Waals surface area contributed by atoms with Gasteiger partial charge in [0.1, 0.15) is 12.1 Å². The summed E-state index contributed by atoms with van der Waals surface area (Å²) < 4.78 is 5.37. The molecule has 2 aromatic heterocycles. The molecule has 19 aromatic carbocycles. The first-order valence-corrected chi connectivity index (χ1v) is 49.1. The maximum absolute atomic E-state index is 11.9. The Morgan fingerprint density at radius 3 is 0.657 bits per heavy atom. The molecule has 2 heterocycles. The summed E-state index contributed by atoms with van der Waals surface area (Å²) in [6.45, 7) is 6.26. The molecule has 21 aromatic rings. The van der Waals surface area contributed by atoms with Crippen molar-refractivity contribution >= 4 is 134 Å². The van der Waals surface area contributed by atoms with Crippen LogP contribution in [0, 0.1) is 22.7 Å². The maximum Gasteiger partial charge on any atom is 0.100 e. The zero-order valence-corrected chi connectivity index (χ0v) is 78.8. The lowest BCUT2D eigenvalue weighted by atomic mass is 9.88. The molecule has 0 aliphatic heterocycles. The van der Waals surface area contributed by atoms with E-state index in [4.69, 9.17) is 0 Å².